The third-order valence-electron chi connectivity index (χ3n) is 2.90. The lowest BCUT2D eigenvalue weighted by molar-refractivity contribution is 0.256. The Hall–Kier alpha value is -0.940. The highest BCUT2D eigenvalue weighted by Gasteiger charge is 2.15. The Labute approximate surface area is 108 Å². The Balaban J connectivity index is 1.97. The quantitative estimate of drug-likeness (QED) is 0.673. The van der Waals surface area contributed by atoms with Gasteiger partial charge < -0.3 is 5.21 Å². The molecule has 0 amide bonds. The molecule has 0 atom stereocenters. The summed E-state index contributed by atoms with van der Waals surface area (Å²) in [7, 11) is 0. The lowest BCUT2D eigenvalue weighted by Crippen LogP contribution is -2.33. The molecule has 1 fully saturated rings. The average Bonchev–Trinajstić information content (AvgIpc) is 2.28. The molecule has 1 N–H and O–H groups in total. The Morgan fingerprint density at radius 1 is 1.29 bits per heavy atom. The summed E-state index contributed by atoms with van der Waals surface area (Å²) in [6.45, 7) is 2.44. The maximum Gasteiger partial charge on any atom is 0.124 e. The van der Waals surface area contributed by atoms with E-state index in [0.717, 1.165) is 48.2 Å². The van der Waals surface area contributed by atoms with Gasteiger partial charge in [0.2, 0.25) is 0 Å². The van der Waals surface area contributed by atoms with Crippen LogP contribution in [-0.2, 0) is 6.54 Å². The van der Waals surface area contributed by atoms with Crippen molar-refractivity contribution in [1.82, 2.24) is 4.90 Å². The summed E-state index contributed by atoms with van der Waals surface area (Å²) in [6, 6.07) is 4.94. The van der Waals surface area contributed by atoms with Crippen molar-refractivity contribution < 1.29 is 9.60 Å². The van der Waals surface area contributed by atoms with E-state index in [1.165, 1.54) is 6.07 Å². The SMILES string of the molecule is ON=C1CCN(Cc2cc(F)cc(Br)c2)CC1. The molecule has 0 bridgehead atoms. The number of hydrogen-bond acceptors (Lipinski definition) is 3. The first kappa shape index (κ1) is 12.5. The predicted molar refractivity (Wildman–Crippen MR) is 67.8 cm³/mol. The summed E-state index contributed by atoms with van der Waals surface area (Å²) in [5.74, 6) is -0.219. The molecule has 92 valence electrons. The standard InChI is InChI=1S/C12H14BrFN2O/c13-10-5-9(6-11(14)7-10)8-16-3-1-12(15-17)2-4-16/h5-7,17H,1-4,8H2. The minimum absolute atomic E-state index is 0.219. The maximum absolute atomic E-state index is 13.2. The molecule has 0 aromatic heterocycles. The molecule has 1 aromatic carbocycles. The van der Waals surface area contributed by atoms with Crippen LogP contribution in [0.15, 0.2) is 27.8 Å². The van der Waals surface area contributed by atoms with Crippen molar-refractivity contribution in [2.24, 2.45) is 5.16 Å². The number of nitrogens with zero attached hydrogens (tertiary/aromatic N) is 2. The smallest absolute Gasteiger partial charge is 0.124 e. The minimum Gasteiger partial charge on any atom is -0.411 e. The fraction of sp³-hybridized carbons (Fsp3) is 0.417. The lowest BCUT2D eigenvalue weighted by atomic mass is 10.1. The predicted octanol–water partition coefficient (Wildman–Crippen LogP) is 3.01. The van der Waals surface area contributed by atoms with E-state index in [-0.39, 0.29) is 5.82 Å². The number of oxime groups is 1. The zero-order chi connectivity index (χ0) is 12.3. The molecule has 0 unspecified atom stereocenters. The van der Waals surface area contributed by atoms with Crippen molar-refractivity contribution >= 4 is 21.6 Å². The summed E-state index contributed by atoms with van der Waals surface area (Å²) < 4.78 is 14.0. The van der Waals surface area contributed by atoms with Gasteiger partial charge in [-0.2, -0.15) is 0 Å². The molecule has 1 heterocycles. The number of rotatable bonds is 2. The molecule has 5 heteroatoms. The van der Waals surface area contributed by atoms with E-state index in [1.54, 1.807) is 6.07 Å². The molecule has 3 nitrogen and oxygen atoms in total. The Morgan fingerprint density at radius 3 is 2.59 bits per heavy atom. The second-order valence-electron chi connectivity index (χ2n) is 4.22. The van der Waals surface area contributed by atoms with Crippen LogP contribution in [0.1, 0.15) is 18.4 Å². The first-order valence-electron chi connectivity index (χ1n) is 5.54. The van der Waals surface area contributed by atoms with Gasteiger partial charge in [0.15, 0.2) is 0 Å². The number of halogens is 2. The topological polar surface area (TPSA) is 35.8 Å². The molecular weight excluding hydrogens is 287 g/mol. The van der Waals surface area contributed by atoms with Gasteiger partial charge in [-0.1, -0.05) is 21.1 Å². The Morgan fingerprint density at radius 2 is 2.00 bits per heavy atom. The molecule has 0 spiro atoms. The van der Waals surface area contributed by atoms with Crippen LogP contribution >= 0.6 is 15.9 Å². The van der Waals surface area contributed by atoms with Crippen molar-refractivity contribution in [3.8, 4) is 0 Å². The van der Waals surface area contributed by atoms with Crippen LogP contribution in [0.5, 0.6) is 0 Å². The van der Waals surface area contributed by atoms with E-state index < -0.39 is 0 Å². The van der Waals surface area contributed by atoms with Crippen LogP contribution in [0, 0.1) is 5.82 Å². The van der Waals surface area contributed by atoms with E-state index in [9.17, 15) is 4.39 Å². The van der Waals surface area contributed by atoms with Gasteiger partial charge in [0.25, 0.3) is 0 Å². The zero-order valence-electron chi connectivity index (χ0n) is 9.37. The second-order valence-corrected chi connectivity index (χ2v) is 5.14. The minimum atomic E-state index is -0.219. The molecule has 0 aliphatic carbocycles. The summed E-state index contributed by atoms with van der Waals surface area (Å²) in [4.78, 5) is 2.23. The van der Waals surface area contributed by atoms with Crippen LogP contribution in [-0.4, -0.2) is 28.9 Å². The number of hydrogen-bond donors (Lipinski definition) is 1. The summed E-state index contributed by atoms with van der Waals surface area (Å²) in [5.41, 5.74) is 1.81. The zero-order valence-corrected chi connectivity index (χ0v) is 11.0. The van der Waals surface area contributed by atoms with E-state index in [4.69, 9.17) is 5.21 Å². The molecule has 1 aliphatic rings. The van der Waals surface area contributed by atoms with Crippen molar-refractivity contribution in [3.05, 3.63) is 34.1 Å². The highest BCUT2D eigenvalue weighted by Crippen LogP contribution is 2.18. The lowest BCUT2D eigenvalue weighted by Gasteiger charge is -2.27. The van der Waals surface area contributed by atoms with Crippen LogP contribution in [0.3, 0.4) is 0 Å². The van der Waals surface area contributed by atoms with Crippen molar-refractivity contribution in [1.29, 1.82) is 0 Å². The van der Waals surface area contributed by atoms with Gasteiger partial charge in [-0.25, -0.2) is 4.39 Å². The van der Waals surface area contributed by atoms with Crippen molar-refractivity contribution in [3.63, 3.8) is 0 Å². The van der Waals surface area contributed by atoms with Crippen LogP contribution in [0.4, 0.5) is 4.39 Å². The molecule has 1 aliphatic heterocycles. The van der Waals surface area contributed by atoms with E-state index in [2.05, 4.69) is 26.0 Å². The van der Waals surface area contributed by atoms with E-state index in [1.807, 2.05) is 6.07 Å². The number of piperidine rings is 1. The van der Waals surface area contributed by atoms with Crippen molar-refractivity contribution in [2.45, 2.75) is 19.4 Å². The second kappa shape index (κ2) is 5.60. The van der Waals surface area contributed by atoms with Gasteiger partial charge in [-0.3, -0.25) is 4.90 Å². The van der Waals surface area contributed by atoms with Gasteiger partial charge in [-0.05, 0) is 23.8 Å². The fourth-order valence-corrected chi connectivity index (χ4v) is 2.54. The number of likely N-dealkylation sites (tertiary alicyclic amines) is 1. The fourth-order valence-electron chi connectivity index (χ4n) is 2.03. The third-order valence-corrected chi connectivity index (χ3v) is 3.36. The first-order valence-corrected chi connectivity index (χ1v) is 6.34. The summed E-state index contributed by atoms with van der Waals surface area (Å²) >= 11 is 3.29. The van der Waals surface area contributed by atoms with Crippen LogP contribution in [0.25, 0.3) is 0 Å². The monoisotopic (exact) mass is 300 g/mol. The maximum atomic E-state index is 13.2. The average molecular weight is 301 g/mol. The molecule has 1 saturated heterocycles. The van der Waals surface area contributed by atoms with E-state index >= 15 is 0 Å². The van der Waals surface area contributed by atoms with E-state index in [0.29, 0.717) is 0 Å². The molecule has 1 aromatic rings. The Bertz CT molecular complexity index is 406. The van der Waals surface area contributed by atoms with Gasteiger partial charge in [0, 0.05) is 36.9 Å². The molecule has 0 radical (unpaired) electrons. The third kappa shape index (κ3) is 3.51. The normalized spacial score (nSPS) is 17.2. The largest absolute Gasteiger partial charge is 0.411 e. The molecule has 0 saturated carbocycles. The van der Waals surface area contributed by atoms with Gasteiger partial charge in [-0.15, -0.1) is 0 Å². The van der Waals surface area contributed by atoms with Gasteiger partial charge in [0.05, 0.1) is 5.71 Å². The highest BCUT2D eigenvalue weighted by atomic mass is 79.9. The summed E-state index contributed by atoms with van der Waals surface area (Å²) in [5, 5.41) is 11.9. The van der Waals surface area contributed by atoms with Crippen LogP contribution in [0.2, 0.25) is 0 Å². The van der Waals surface area contributed by atoms with Crippen LogP contribution < -0.4 is 0 Å². The number of benzene rings is 1. The Kier molecular flexibility index (Phi) is 4.12. The van der Waals surface area contributed by atoms with Gasteiger partial charge >= 0.3 is 0 Å². The van der Waals surface area contributed by atoms with Crippen molar-refractivity contribution in [2.75, 3.05) is 13.1 Å². The summed E-state index contributed by atoms with van der Waals surface area (Å²) in [6.07, 6.45) is 1.57. The highest BCUT2D eigenvalue weighted by molar-refractivity contribution is 9.10. The first-order chi connectivity index (χ1) is 8.17. The molecular formula is C12H14BrFN2O. The molecule has 17 heavy (non-hydrogen) atoms. The van der Waals surface area contributed by atoms with Gasteiger partial charge in [0.1, 0.15) is 5.82 Å². The molecule has 2 rings (SSSR count).